The molecule has 1 atom stereocenters. The van der Waals surface area contributed by atoms with E-state index in [2.05, 4.69) is 15.5 Å². The third kappa shape index (κ3) is 3.44. The number of aromatic nitrogens is 3. The average Bonchev–Trinajstić information content (AvgIpc) is 3.12. The van der Waals surface area contributed by atoms with E-state index >= 15 is 0 Å². The summed E-state index contributed by atoms with van der Waals surface area (Å²) in [5.74, 6) is 0.711. The van der Waals surface area contributed by atoms with Gasteiger partial charge in [-0.1, -0.05) is 30.3 Å². The molecule has 0 unspecified atom stereocenters. The lowest BCUT2D eigenvalue weighted by Gasteiger charge is -2.18. The summed E-state index contributed by atoms with van der Waals surface area (Å²) in [7, 11) is 0. The molecule has 3 rings (SSSR count). The number of hydrogen-bond acceptors (Lipinski definition) is 3. The maximum atomic E-state index is 12.0. The molecule has 1 fully saturated rings. The van der Waals surface area contributed by atoms with Gasteiger partial charge < -0.3 is 5.32 Å². The highest BCUT2D eigenvalue weighted by Crippen LogP contribution is 2.32. The van der Waals surface area contributed by atoms with Gasteiger partial charge in [0.2, 0.25) is 5.91 Å². The van der Waals surface area contributed by atoms with Gasteiger partial charge in [-0.25, -0.2) is 0 Å². The fourth-order valence-electron chi connectivity index (χ4n) is 2.26. The van der Waals surface area contributed by atoms with E-state index in [1.165, 1.54) is 12.8 Å². The molecule has 0 radical (unpaired) electrons. The Hall–Kier alpha value is -2.17. The highest BCUT2D eigenvalue weighted by atomic mass is 16.1. The van der Waals surface area contributed by atoms with Crippen molar-refractivity contribution in [1.29, 1.82) is 0 Å². The summed E-state index contributed by atoms with van der Waals surface area (Å²) in [4.78, 5) is 13.7. The lowest BCUT2D eigenvalue weighted by molar-refractivity contribution is -0.122. The zero-order chi connectivity index (χ0) is 13.8. The molecule has 1 aromatic carbocycles. The number of carbonyl (C=O) groups excluding carboxylic acids is 1. The van der Waals surface area contributed by atoms with Crippen molar-refractivity contribution in [3.05, 3.63) is 48.3 Å². The second kappa shape index (κ2) is 5.86. The second-order valence-corrected chi connectivity index (χ2v) is 5.26. The van der Waals surface area contributed by atoms with Gasteiger partial charge in [0.05, 0.1) is 25.0 Å². The van der Waals surface area contributed by atoms with Gasteiger partial charge in [-0.15, -0.1) is 0 Å². The molecule has 1 aliphatic carbocycles. The minimum Gasteiger partial charge on any atom is -0.347 e. The van der Waals surface area contributed by atoms with Gasteiger partial charge in [0, 0.05) is 6.42 Å². The van der Waals surface area contributed by atoms with Crippen LogP contribution in [0.1, 0.15) is 30.9 Å². The Morgan fingerprint density at radius 3 is 2.60 bits per heavy atom. The molecule has 0 bridgehead atoms. The molecule has 1 aliphatic rings. The van der Waals surface area contributed by atoms with Crippen LogP contribution in [0.2, 0.25) is 0 Å². The van der Waals surface area contributed by atoms with Crippen LogP contribution in [0.4, 0.5) is 0 Å². The van der Waals surface area contributed by atoms with Crippen LogP contribution in [0.3, 0.4) is 0 Å². The smallest absolute Gasteiger partial charge is 0.220 e. The van der Waals surface area contributed by atoms with Crippen LogP contribution in [0.15, 0.2) is 42.7 Å². The van der Waals surface area contributed by atoms with E-state index in [1.54, 1.807) is 17.2 Å². The third-order valence-electron chi connectivity index (χ3n) is 3.52. The predicted molar refractivity (Wildman–Crippen MR) is 74.7 cm³/mol. The molecule has 1 aromatic heterocycles. The number of nitrogens with zero attached hydrogens (tertiary/aromatic N) is 3. The number of amides is 1. The Morgan fingerprint density at radius 1 is 1.25 bits per heavy atom. The largest absolute Gasteiger partial charge is 0.347 e. The van der Waals surface area contributed by atoms with Gasteiger partial charge in [-0.2, -0.15) is 15.0 Å². The number of benzene rings is 1. The third-order valence-corrected chi connectivity index (χ3v) is 3.52. The van der Waals surface area contributed by atoms with Crippen molar-refractivity contribution in [1.82, 2.24) is 20.3 Å². The van der Waals surface area contributed by atoms with Crippen molar-refractivity contribution in [3.8, 4) is 0 Å². The number of nitrogens with one attached hydrogen (secondary N) is 1. The molecule has 2 aromatic rings. The molecule has 1 amide bonds. The van der Waals surface area contributed by atoms with Crippen molar-refractivity contribution < 1.29 is 4.79 Å². The first-order valence-electron chi connectivity index (χ1n) is 6.99. The van der Waals surface area contributed by atoms with Crippen LogP contribution in [-0.4, -0.2) is 20.9 Å². The van der Waals surface area contributed by atoms with Crippen LogP contribution in [0.25, 0.3) is 0 Å². The molecule has 0 spiro atoms. The molecule has 20 heavy (non-hydrogen) atoms. The maximum Gasteiger partial charge on any atom is 0.220 e. The van der Waals surface area contributed by atoms with E-state index in [0.29, 0.717) is 18.9 Å². The van der Waals surface area contributed by atoms with Crippen molar-refractivity contribution >= 4 is 5.91 Å². The molecule has 0 aliphatic heterocycles. The molecule has 1 saturated carbocycles. The normalized spacial score (nSPS) is 15.8. The summed E-state index contributed by atoms with van der Waals surface area (Å²) >= 11 is 0. The quantitative estimate of drug-likeness (QED) is 0.872. The van der Waals surface area contributed by atoms with E-state index in [1.807, 2.05) is 30.3 Å². The minimum atomic E-state index is -0.0881. The van der Waals surface area contributed by atoms with Crippen molar-refractivity contribution in [2.24, 2.45) is 5.92 Å². The number of hydrogen-bond donors (Lipinski definition) is 1. The van der Waals surface area contributed by atoms with Crippen LogP contribution in [0, 0.1) is 5.92 Å². The van der Waals surface area contributed by atoms with Gasteiger partial charge in [-0.05, 0) is 24.3 Å². The maximum absolute atomic E-state index is 12.0. The van der Waals surface area contributed by atoms with E-state index in [9.17, 15) is 4.79 Å². The van der Waals surface area contributed by atoms with Crippen LogP contribution >= 0.6 is 0 Å². The van der Waals surface area contributed by atoms with Crippen molar-refractivity contribution in [3.63, 3.8) is 0 Å². The summed E-state index contributed by atoms with van der Waals surface area (Å²) in [5, 5.41) is 11.3. The topological polar surface area (TPSA) is 59.8 Å². The van der Waals surface area contributed by atoms with E-state index in [-0.39, 0.29) is 11.9 Å². The Morgan fingerprint density at radius 2 is 1.95 bits per heavy atom. The molecule has 104 valence electrons. The Labute approximate surface area is 118 Å². The lowest BCUT2D eigenvalue weighted by Crippen LogP contribution is -2.32. The Kier molecular flexibility index (Phi) is 3.76. The number of rotatable bonds is 6. The fourth-order valence-corrected chi connectivity index (χ4v) is 2.26. The first kappa shape index (κ1) is 12.8. The second-order valence-electron chi connectivity index (χ2n) is 5.26. The highest BCUT2D eigenvalue weighted by Gasteiger charge is 2.26. The van der Waals surface area contributed by atoms with Crippen molar-refractivity contribution in [2.45, 2.75) is 31.8 Å². The van der Waals surface area contributed by atoms with Gasteiger partial charge in [-0.3, -0.25) is 4.79 Å². The summed E-state index contributed by atoms with van der Waals surface area (Å²) in [5.41, 5.74) is 1.08. The standard InChI is InChI=1S/C15H18N4O/c20-15(10-12-6-7-12)18-14(11-19-16-8-9-17-19)13-4-2-1-3-5-13/h1-5,8-9,12,14H,6-7,10-11H2,(H,18,20)/t14-/m0/s1. The van der Waals surface area contributed by atoms with Crippen LogP contribution < -0.4 is 5.32 Å². The molecule has 1 N–H and O–H groups in total. The van der Waals surface area contributed by atoms with E-state index in [4.69, 9.17) is 0 Å². The molecule has 1 heterocycles. The predicted octanol–water partition coefficient (Wildman–Crippen LogP) is 1.94. The molecule has 5 nitrogen and oxygen atoms in total. The lowest BCUT2D eigenvalue weighted by atomic mass is 10.1. The van der Waals surface area contributed by atoms with Gasteiger partial charge in [0.25, 0.3) is 0 Å². The van der Waals surface area contributed by atoms with Gasteiger partial charge in [0.1, 0.15) is 0 Å². The van der Waals surface area contributed by atoms with Crippen LogP contribution in [0.5, 0.6) is 0 Å². The molecular formula is C15H18N4O. The number of carbonyl (C=O) groups is 1. The zero-order valence-electron chi connectivity index (χ0n) is 11.3. The first-order chi connectivity index (χ1) is 9.81. The summed E-state index contributed by atoms with van der Waals surface area (Å²) in [6.45, 7) is 0.549. The summed E-state index contributed by atoms with van der Waals surface area (Å²) in [6.07, 6.45) is 6.30. The zero-order valence-corrected chi connectivity index (χ0v) is 11.3. The minimum absolute atomic E-state index is 0.0881. The van der Waals surface area contributed by atoms with Crippen LogP contribution in [-0.2, 0) is 11.3 Å². The Bertz CT molecular complexity index is 549. The summed E-state index contributed by atoms with van der Waals surface area (Å²) < 4.78 is 0. The van der Waals surface area contributed by atoms with Gasteiger partial charge >= 0.3 is 0 Å². The molecule has 0 saturated heterocycles. The average molecular weight is 270 g/mol. The fraction of sp³-hybridized carbons (Fsp3) is 0.400. The highest BCUT2D eigenvalue weighted by molar-refractivity contribution is 5.77. The van der Waals surface area contributed by atoms with Gasteiger partial charge in [0.15, 0.2) is 0 Å². The summed E-state index contributed by atoms with van der Waals surface area (Å²) in [6, 6.07) is 9.88. The van der Waals surface area contributed by atoms with E-state index < -0.39 is 0 Å². The Balaban J connectivity index is 1.70. The SMILES string of the molecule is O=C(CC1CC1)N[C@@H](Cn1nccn1)c1ccccc1. The monoisotopic (exact) mass is 270 g/mol. The molecule has 5 heteroatoms. The molecular weight excluding hydrogens is 252 g/mol. The first-order valence-corrected chi connectivity index (χ1v) is 6.99. The van der Waals surface area contributed by atoms with Crippen molar-refractivity contribution in [2.75, 3.05) is 0 Å². The van der Waals surface area contributed by atoms with E-state index in [0.717, 1.165) is 5.56 Å².